The second-order valence-electron chi connectivity index (χ2n) is 4.46. The Bertz CT molecular complexity index is 624. The zero-order chi connectivity index (χ0) is 15.2. The molecule has 21 heavy (non-hydrogen) atoms. The van der Waals surface area contributed by atoms with Crippen LogP contribution in [0.4, 0.5) is 5.69 Å². The van der Waals surface area contributed by atoms with Crippen molar-refractivity contribution in [2.45, 2.75) is 13.1 Å². The fourth-order valence-corrected chi connectivity index (χ4v) is 1.80. The molecule has 112 valence electrons. The van der Waals surface area contributed by atoms with E-state index in [-0.39, 0.29) is 18.2 Å². The summed E-state index contributed by atoms with van der Waals surface area (Å²) in [5.41, 5.74) is 1.77. The Morgan fingerprint density at radius 2 is 2.29 bits per heavy atom. The van der Waals surface area contributed by atoms with Crippen molar-refractivity contribution in [1.82, 2.24) is 15.1 Å². The van der Waals surface area contributed by atoms with E-state index in [2.05, 4.69) is 15.7 Å². The SMILES string of the molecule is CNC(=O)Cn1cc(NCc2ccc(O)c(OC)c2)cn1. The van der Waals surface area contributed by atoms with Crippen molar-refractivity contribution in [1.29, 1.82) is 0 Å². The molecule has 0 fully saturated rings. The molecule has 0 radical (unpaired) electrons. The third kappa shape index (κ3) is 3.88. The van der Waals surface area contributed by atoms with E-state index in [0.717, 1.165) is 11.3 Å². The van der Waals surface area contributed by atoms with Gasteiger partial charge in [-0.2, -0.15) is 5.10 Å². The summed E-state index contributed by atoms with van der Waals surface area (Å²) in [6, 6.07) is 5.15. The lowest BCUT2D eigenvalue weighted by Crippen LogP contribution is -2.23. The minimum Gasteiger partial charge on any atom is -0.504 e. The number of aromatic nitrogens is 2. The summed E-state index contributed by atoms with van der Waals surface area (Å²) in [6.45, 7) is 0.744. The van der Waals surface area contributed by atoms with Crippen LogP contribution in [-0.4, -0.2) is 35.0 Å². The minimum absolute atomic E-state index is 0.104. The molecule has 0 aliphatic carbocycles. The van der Waals surface area contributed by atoms with Crippen molar-refractivity contribution in [3.05, 3.63) is 36.2 Å². The van der Waals surface area contributed by atoms with Gasteiger partial charge in [-0.05, 0) is 17.7 Å². The summed E-state index contributed by atoms with van der Waals surface area (Å²) < 4.78 is 6.61. The number of phenolic OH excluding ortho intramolecular Hbond substituents is 1. The van der Waals surface area contributed by atoms with E-state index in [0.29, 0.717) is 12.3 Å². The zero-order valence-electron chi connectivity index (χ0n) is 12.0. The average molecular weight is 290 g/mol. The summed E-state index contributed by atoms with van der Waals surface area (Å²) in [6.07, 6.45) is 3.41. The third-order valence-electron chi connectivity index (χ3n) is 2.96. The molecule has 7 heteroatoms. The molecule has 1 amide bonds. The van der Waals surface area contributed by atoms with Crippen molar-refractivity contribution in [3.63, 3.8) is 0 Å². The summed E-state index contributed by atoms with van der Waals surface area (Å²) >= 11 is 0. The molecule has 1 heterocycles. The number of methoxy groups -OCH3 is 1. The highest BCUT2D eigenvalue weighted by molar-refractivity contribution is 5.75. The van der Waals surface area contributed by atoms with Crippen LogP contribution in [0.15, 0.2) is 30.6 Å². The molecule has 1 aromatic heterocycles. The average Bonchev–Trinajstić information content (AvgIpc) is 2.93. The molecule has 7 nitrogen and oxygen atoms in total. The van der Waals surface area contributed by atoms with Gasteiger partial charge in [0, 0.05) is 19.8 Å². The second kappa shape index (κ2) is 6.65. The number of hydrogen-bond acceptors (Lipinski definition) is 5. The van der Waals surface area contributed by atoms with Crippen molar-refractivity contribution in [2.24, 2.45) is 0 Å². The third-order valence-corrected chi connectivity index (χ3v) is 2.96. The smallest absolute Gasteiger partial charge is 0.241 e. The second-order valence-corrected chi connectivity index (χ2v) is 4.46. The highest BCUT2D eigenvalue weighted by atomic mass is 16.5. The number of hydrogen-bond donors (Lipinski definition) is 3. The number of ether oxygens (including phenoxy) is 1. The number of nitrogens with one attached hydrogen (secondary N) is 2. The highest BCUT2D eigenvalue weighted by Crippen LogP contribution is 2.26. The quantitative estimate of drug-likeness (QED) is 0.737. The molecule has 3 N–H and O–H groups in total. The lowest BCUT2D eigenvalue weighted by Gasteiger charge is -2.07. The molecule has 1 aromatic carbocycles. The van der Waals surface area contributed by atoms with Gasteiger partial charge in [0.05, 0.1) is 19.0 Å². The predicted octanol–water partition coefficient (Wildman–Crippen LogP) is 0.955. The van der Waals surface area contributed by atoms with Crippen molar-refractivity contribution < 1.29 is 14.6 Å². The molecule has 2 rings (SSSR count). The molecular formula is C14H18N4O3. The summed E-state index contributed by atoms with van der Waals surface area (Å²) in [5.74, 6) is 0.442. The Morgan fingerprint density at radius 1 is 1.48 bits per heavy atom. The van der Waals surface area contributed by atoms with Gasteiger partial charge in [-0.15, -0.1) is 0 Å². The summed E-state index contributed by atoms with van der Waals surface area (Å²) in [7, 11) is 3.10. The van der Waals surface area contributed by atoms with Gasteiger partial charge in [0.15, 0.2) is 11.5 Å². The van der Waals surface area contributed by atoms with Gasteiger partial charge in [0.1, 0.15) is 6.54 Å². The summed E-state index contributed by atoms with van der Waals surface area (Å²) in [4.78, 5) is 11.2. The molecule has 0 aliphatic rings. The maximum Gasteiger partial charge on any atom is 0.241 e. The molecule has 2 aromatic rings. The van der Waals surface area contributed by atoms with Gasteiger partial charge in [0.2, 0.25) is 5.91 Å². The van der Waals surface area contributed by atoms with Crippen LogP contribution in [0.25, 0.3) is 0 Å². The van der Waals surface area contributed by atoms with Gasteiger partial charge < -0.3 is 20.5 Å². The number of phenols is 1. The lowest BCUT2D eigenvalue weighted by molar-refractivity contribution is -0.121. The van der Waals surface area contributed by atoms with E-state index < -0.39 is 0 Å². The van der Waals surface area contributed by atoms with Gasteiger partial charge in [-0.25, -0.2) is 0 Å². The number of carbonyl (C=O) groups is 1. The van der Waals surface area contributed by atoms with E-state index in [1.54, 1.807) is 42.3 Å². The minimum atomic E-state index is -0.104. The van der Waals surface area contributed by atoms with Crippen LogP contribution < -0.4 is 15.4 Å². The highest BCUT2D eigenvalue weighted by Gasteiger charge is 2.05. The maximum absolute atomic E-state index is 11.2. The number of likely N-dealkylation sites (N-methyl/N-ethyl adjacent to an activating group) is 1. The zero-order valence-corrected chi connectivity index (χ0v) is 12.0. The van der Waals surface area contributed by atoms with Gasteiger partial charge >= 0.3 is 0 Å². The van der Waals surface area contributed by atoms with E-state index >= 15 is 0 Å². The molecule has 0 saturated carbocycles. The van der Waals surface area contributed by atoms with Crippen LogP contribution in [0.3, 0.4) is 0 Å². The first kappa shape index (κ1) is 14.7. The number of amides is 1. The number of rotatable bonds is 6. The fourth-order valence-electron chi connectivity index (χ4n) is 1.80. The van der Waals surface area contributed by atoms with E-state index in [1.165, 1.54) is 7.11 Å². The molecule has 0 atom stereocenters. The van der Waals surface area contributed by atoms with Gasteiger partial charge in [0.25, 0.3) is 0 Å². The summed E-state index contributed by atoms with van der Waals surface area (Å²) in [5, 5.41) is 19.4. The van der Waals surface area contributed by atoms with Crippen LogP contribution in [0, 0.1) is 0 Å². The fraction of sp³-hybridized carbons (Fsp3) is 0.286. The number of benzene rings is 1. The van der Waals surface area contributed by atoms with Crippen molar-refractivity contribution in [3.8, 4) is 11.5 Å². The number of nitrogens with zero attached hydrogens (tertiary/aromatic N) is 2. The Hall–Kier alpha value is -2.70. The van der Waals surface area contributed by atoms with Crippen LogP contribution in [0.1, 0.15) is 5.56 Å². The molecule has 0 aliphatic heterocycles. The van der Waals surface area contributed by atoms with E-state index in [1.807, 2.05) is 0 Å². The van der Waals surface area contributed by atoms with E-state index in [9.17, 15) is 9.90 Å². The Morgan fingerprint density at radius 3 is 3.00 bits per heavy atom. The van der Waals surface area contributed by atoms with Gasteiger partial charge in [-0.1, -0.05) is 6.07 Å². The number of anilines is 1. The lowest BCUT2D eigenvalue weighted by atomic mass is 10.2. The first-order valence-electron chi connectivity index (χ1n) is 6.45. The topological polar surface area (TPSA) is 88.4 Å². The first-order valence-corrected chi connectivity index (χ1v) is 6.45. The molecule has 0 saturated heterocycles. The molecular weight excluding hydrogens is 272 g/mol. The molecule has 0 unspecified atom stereocenters. The van der Waals surface area contributed by atoms with Crippen molar-refractivity contribution >= 4 is 11.6 Å². The van der Waals surface area contributed by atoms with Crippen LogP contribution in [-0.2, 0) is 17.9 Å². The first-order chi connectivity index (χ1) is 10.1. The van der Waals surface area contributed by atoms with Crippen LogP contribution in [0.5, 0.6) is 11.5 Å². The maximum atomic E-state index is 11.2. The standard InChI is InChI=1S/C14H18N4O3/c1-15-14(20)9-18-8-11(7-17-18)16-6-10-3-4-12(19)13(5-10)21-2/h3-5,7-8,16,19H,6,9H2,1-2H3,(H,15,20). The van der Waals surface area contributed by atoms with Crippen LogP contribution in [0.2, 0.25) is 0 Å². The van der Waals surface area contributed by atoms with Crippen LogP contribution >= 0.6 is 0 Å². The molecule has 0 bridgehead atoms. The Labute approximate surface area is 122 Å². The largest absolute Gasteiger partial charge is 0.504 e. The number of carbonyl (C=O) groups excluding carboxylic acids is 1. The normalized spacial score (nSPS) is 10.2. The van der Waals surface area contributed by atoms with Crippen molar-refractivity contribution in [2.75, 3.05) is 19.5 Å². The number of aromatic hydroxyl groups is 1. The van der Waals surface area contributed by atoms with Gasteiger partial charge in [-0.3, -0.25) is 9.48 Å². The molecule has 0 spiro atoms. The Balaban J connectivity index is 1.95. The Kier molecular flexibility index (Phi) is 4.65. The predicted molar refractivity (Wildman–Crippen MR) is 78.3 cm³/mol. The van der Waals surface area contributed by atoms with E-state index in [4.69, 9.17) is 4.74 Å². The monoisotopic (exact) mass is 290 g/mol.